The van der Waals surface area contributed by atoms with Crippen LogP contribution in [0.25, 0.3) is 10.3 Å². The van der Waals surface area contributed by atoms with E-state index < -0.39 is 0 Å². The van der Waals surface area contributed by atoms with E-state index >= 15 is 0 Å². The summed E-state index contributed by atoms with van der Waals surface area (Å²) in [7, 11) is 2.08. The van der Waals surface area contributed by atoms with Crippen LogP contribution in [0, 0.1) is 20.8 Å². The van der Waals surface area contributed by atoms with E-state index in [9.17, 15) is 0 Å². The number of nitrogens with zero attached hydrogens (tertiary/aromatic N) is 2. The Balaban J connectivity index is 2.95. The zero-order chi connectivity index (χ0) is 9.59. The maximum Gasteiger partial charge on any atom is 0.289 e. The zero-order valence-electron chi connectivity index (χ0n) is 8.38. The van der Waals surface area contributed by atoms with Gasteiger partial charge < -0.3 is 0 Å². The monoisotopic (exact) mass is 193 g/mol. The minimum Gasteiger partial charge on any atom is -0.234 e. The van der Waals surface area contributed by atoms with Crippen LogP contribution in [0.5, 0.6) is 0 Å². The Kier molecular flexibility index (Phi) is 1.84. The summed E-state index contributed by atoms with van der Waals surface area (Å²) in [6, 6.07) is 0. The molecule has 0 unspecified atom stereocenters. The van der Waals surface area contributed by atoms with Gasteiger partial charge in [0.25, 0.3) is 4.83 Å². The van der Waals surface area contributed by atoms with Gasteiger partial charge in [-0.05, 0) is 26.3 Å². The fraction of sp³-hybridized carbons (Fsp3) is 0.400. The SMILES string of the molecule is Cc1nc2c(C)c(C)c[n+](C)c2s1. The summed E-state index contributed by atoms with van der Waals surface area (Å²) in [4.78, 5) is 5.80. The van der Waals surface area contributed by atoms with Crippen LogP contribution in [0.4, 0.5) is 0 Å². The number of aromatic nitrogens is 2. The van der Waals surface area contributed by atoms with E-state index in [4.69, 9.17) is 0 Å². The van der Waals surface area contributed by atoms with E-state index in [1.165, 1.54) is 16.0 Å². The van der Waals surface area contributed by atoms with Gasteiger partial charge in [-0.25, -0.2) is 4.98 Å². The van der Waals surface area contributed by atoms with Crippen LogP contribution in [-0.2, 0) is 7.05 Å². The van der Waals surface area contributed by atoms with Crippen LogP contribution >= 0.6 is 11.3 Å². The van der Waals surface area contributed by atoms with Gasteiger partial charge in [0, 0.05) is 5.56 Å². The normalized spacial score (nSPS) is 11.1. The molecule has 0 saturated carbocycles. The molecule has 0 spiro atoms. The molecule has 0 aliphatic carbocycles. The van der Waals surface area contributed by atoms with E-state index in [1.54, 1.807) is 11.3 Å². The van der Waals surface area contributed by atoms with Crippen molar-refractivity contribution in [1.29, 1.82) is 0 Å². The van der Waals surface area contributed by atoms with E-state index in [1.807, 2.05) is 0 Å². The Bertz CT molecular complexity index is 471. The molecule has 0 atom stereocenters. The first-order valence-electron chi connectivity index (χ1n) is 4.32. The van der Waals surface area contributed by atoms with E-state index in [0.29, 0.717) is 0 Å². The van der Waals surface area contributed by atoms with Gasteiger partial charge in [-0.1, -0.05) is 11.3 Å². The first-order valence-corrected chi connectivity index (χ1v) is 5.14. The summed E-state index contributed by atoms with van der Waals surface area (Å²) in [5.74, 6) is 0. The number of rotatable bonds is 0. The molecule has 0 fully saturated rings. The highest BCUT2D eigenvalue weighted by atomic mass is 32.1. The maximum absolute atomic E-state index is 4.53. The number of thiazole rings is 1. The highest BCUT2D eigenvalue weighted by Gasteiger charge is 2.14. The second kappa shape index (κ2) is 2.77. The third-order valence-electron chi connectivity index (χ3n) is 2.37. The maximum atomic E-state index is 4.53. The molecule has 13 heavy (non-hydrogen) atoms. The fourth-order valence-corrected chi connectivity index (χ4v) is 2.44. The molecule has 2 aromatic heterocycles. The van der Waals surface area contributed by atoms with Crippen molar-refractivity contribution in [3.05, 3.63) is 22.3 Å². The van der Waals surface area contributed by atoms with Crippen molar-refractivity contribution >= 4 is 21.7 Å². The Morgan fingerprint density at radius 1 is 1.31 bits per heavy atom. The topological polar surface area (TPSA) is 16.8 Å². The van der Waals surface area contributed by atoms with Crippen molar-refractivity contribution in [2.24, 2.45) is 7.05 Å². The average Bonchev–Trinajstić information content (AvgIpc) is 2.44. The molecule has 2 aromatic rings. The molecule has 2 rings (SSSR count). The van der Waals surface area contributed by atoms with Crippen molar-refractivity contribution in [3.8, 4) is 0 Å². The Morgan fingerprint density at radius 2 is 2.00 bits per heavy atom. The van der Waals surface area contributed by atoms with Gasteiger partial charge in [0.05, 0.1) is 5.01 Å². The van der Waals surface area contributed by atoms with Gasteiger partial charge >= 0.3 is 0 Å². The molecule has 68 valence electrons. The van der Waals surface area contributed by atoms with Crippen LogP contribution in [0.2, 0.25) is 0 Å². The lowest BCUT2D eigenvalue weighted by Crippen LogP contribution is -2.28. The first-order chi connectivity index (χ1) is 6.09. The Labute approximate surface area is 81.9 Å². The van der Waals surface area contributed by atoms with E-state index in [-0.39, 0.29) is 0 Å². The van der Waals surface area contributed by atoms with Gasteiger partial charge in [-0.2, -0.15) is 4.57 Å². The second-order valence-corrected chi connectivity index (χ2v) is 4.62. The van der Waals surface area contributed by atoms with Gasteiger partial charge in [-0.15, -0.1) is 0 Å². The molecule has 0 aliphatic rings. The summed E-state index contributed by atoms with van der Waals surface area (Å²) < 4.78 is 2.16. The highest BCUT2D eigenvalue weighted by molar-refractivity contribution is 7.17. The van der Waals surface area contributed by atoms with E-state index in [0.717, 1.165) is 10.5 Å². The van der Waals surface area contributed by atoms with Crippen molar-refractivity contribution in [2.45, 2.75) is 20.8 Å². The molecule has 0 aromatic carbocycles. The van der Waals surface area contributed by atoms with Crippen molar-refractivity contribution in [3.63, 3.8) is 0 Å². The predicted octanol–water partition coefficient (Wildman–Crippen LogP) is 2.05. The van der Waals surface area contributed by atoms with Crippen LogP contribution < -0.4 is 4.57 Å². The van der Waals surface area contributed by atoms with Crippen molar-refractivity contribution < 1.29 is 4.57 Å². The third kappa shape index (κ3) is 1.23. The lowest BCUT2D eigenvalue weighted by molar-refractivity contribution is -0.643. The Hall–Kier alpha value is -0.960. The van der Waals surface area contributed by atoms with Crippen LogP contribution in [0.3, 0.4) is 0 Å². The number of fused-ring (bicyclic) bond motifs is 1. The van der Waals surface area contributed by atoms with Crippen LogP contribution in [0.15, 0.2) is 6.20 Å². The summed E-state index contributed by atoms with van der Waals surface area (Å²) >= 11 is 1.75. The molecular weight excluding hydrogens is 180 g/mol. The molecule has 0 N–H and O–H groups in total. The molecule has 2 heterocycles. The average molecular weight is 193 g/mol. The molecule has 3 heteroatoms. The molecule has 0 saturated heterocycles. The van der Waals surface area contributed by atoms with Gasteiger partial charge in [0.2, 0.25) is 0 Å². The summed E-state index contributed by atoms with van der Waals surface area (Å²) in [5, 5.41) is 1.14. The predicted molar refractivity (Wildman–Crippen MR) is 55.0 cm³/mol. The summed E-state index contributed by atoms with van der Waals surface area (Å²) in [5.41, 5.74) is 3.77. The number of aryl methyl sites for hydroxylation is 4. The van der Waals surface area contributed by atoms with Crippen molar-refractivity contribution in [2.75, 3.05) is 0 Å². The minimum absolute atomic E-state index is 1.14. The fourth-order valence-electron chi connectivity index (χ4n) is 1.53. The van der Waals surface area contributed by atoms with Gasteiger partial charge in [-0.3, -0.25) is 0 Å². The highest BCUT2D eigenvalue weighted by Crippen LogP contribution is 2.22. The summed E-state index contributed by atoms with van der Waals surface area (Å²) in [6.07, 6.45) is 2.16. The van der Waals surface area contributed by atoms with Gasteiger partial charge in [0.15, 0.2) is 11.7 Å². The quantitative estimate of drug-likeness (QED) is 0.585. The van der Waals surface area contributed by atoms with Crippen LogP contribution in [0.1, 0.15) is 16.1 Å². The smallest absolute Gasteiger partial charge is 0.234 e. The third-order valence-corrected chi connectivity index (χ3v) is 3.43. The molecular formula is C10H13N2S+. The summed E-state index contributed by atoms with van der Waals surface area (Å²) in [6.45, 7) is 6.32. The molecule has 0 radical (unpaired) electrons. The first kappa shape index (κ1) is 8.63. The van der Waals surface area contributed by atoms with Crippen molar-refractivity contribution in [1.82, 2.24) is 4.98 Å². The van der Waals surface area contributed by atoms with Gasteiger partial charge in [0.1, 0.15) is 7.05 Å². The second-order valence-electron chi connectivity index (χ2n) is 3.43. The Morgan fingerprint density at radius 3 is 2.69 bits per heavy atom. The zero-order valence-corrected chi connectivity index (χ0v) is 9.20. The minimum atomic E-state index is 1.14. The lowest BCUT2D eigenvalue weighted by atomic mass is 10.2. The van der Waals surface area contributed by atoms with E-state index in [2.05, 4.69) is 43.6 Å². The number of pyridine rings is 1. The standard InChI is InChI=1S/C10H13N2S/c1-6-5-12(4)10-9(7(6)2)11-8(3)13-10/h5H,1-4H3/q+1. The molecule has 0 bridgehead atoms. The van der Waals surface area contributed by atoms with Crippen LogP contribution in [-0.4, -0.2) is 4.98 Å². The molecule has 0 aliphatic heterocycles. The molecule has 0 amide bonds. The lowest BCUT2D eigenvalue weighted by Gasteiger charge is -1.97. The number of hydrogen-bond donors (Lipinski definition) is 0. The molecule has 2 nitrogen and oxygen atoms in total. The number of hydrogen-bond acceptors (Lipinski definition) is 2. The largest absolute Gasteiger partial charge is 0.289 e.